The summed E-state index contributed by atoms with van der Waals surface area (Å²) in [7, 11) is 0. The summed E-state index contributed by atoms with van der Waals surface area (Å²) >= 11 is 0. The minimum atomic E-state index is -0.751. The van der Waals surface area contributed by atoms with Crippen molar-refractivity contribution >= 4 is 11.5 Å². The molecule has 0 saturated carbocycles. The third-order valence-corrected chi connectivity index (χ3v) is 2.87. The van der Waals surface area contributed by atoms with E-state index in [1.54, 1.807) is 13.0 Å². The molecular weight excluding hydrogens is 277 g/mol. The molecule has 0 unspecified atom stereocenters. The molecule has 0 aliphatic rings. The first-order chi connectivity index (χ1) is 9.88. The van der Waals surface area contributed by atoms with Gasteiger partial charge in [0.05, 0.1) is 4.92 Å². The standard InChI is InChI=1S/C15H12FNO4/c1-9-3-5-13(17(19)20)15(7-9)21-14-6-4-11(10(2)18)8-12(14)16/h3-8H,1-2H3. The molecule has 0 aliphatic carbocycles. The zero-order valence-corrected chi connectivity index (χ0v) is 11.4. The molecule has 2 rings (SSSR count). The van der Waals surface area contributed by atoms with Crippen LogP contribution in [0.3, 0.4) is 0 Å². The van der Waals surface area contributed by atoms with E-state index in [4.69, 9.17) is 4.74 Å². The highest BCUT2D eigenvalue weighted by atomic mass is 19.1. The van der Waals surface area contributed by atoms with Gasteiger partial charge in [-0.3, -0.25) is 14.9 Å². The Kier molecular flexibility index (Phi) is 3.98. The van der Waals surface area contributed by atoms with Crippen LogP contribution in [0.2, 0.25) is 0 Å². The Labute approximate surface area is 120 Å². The number of nitro groups is 1. The maximum Gasteiger partial charge on any atom is 0.311 e. The molecule has 0 saturated heterocycles. The number of Topliss-reactive ketones (excluding diaryl/α,β-unsaturated/α-hetero) is 1. The molecule has 0 bridgehead atoms. The number of ether oxygens (including phenoxy) is 1. The van der Waals surface area contributed by atoms with Gasteiger partial charge in [0, 0.05) is 11.6 Å². The van der Waals surface area contributed by atoms with E-state index in [-0.39, 0.29) is 28.5 Å². The molecule has 21 heavy (non-hydrogen) atoms. The minimum absolute atomic E-state index is 0.0468. The predicted molar refractivity (Wildman–Crippen MR) is 74.3 cm³/mol. The van der Waals surface area contributed by atoms with Crippen LogP contribution in [0.4, 0.5) is 10.1 Å². The molecule has 0 heterocycles. The van der Waals surface area contributed by atoms with Crippen molar-refractivity contribution in [2.45, 2.75) is 13.8 Å². The van der Waals surface area contributed by atoms with Crippen LogP contribution in [-0.2, 0) is 0 Å². The molecule has 108 valence electrons. The molecule has 2 aromatic rings. The zero-order chi connectivity index (χ0) is 15.6. The Morgan fingerprint density at radius 2 is 1.90 bits per heavy atom. The van der Waals surface area contributed by atoms with Gasteiger partial charge in [0.2, 0.25) is 5.75 Å². The minimum Gasteiger partial charge on any atom is -0.447 e. The first kappa shape index (κ1) is 14.6. The topological polar surface area (TPSA) is 69.4 Å². The number of benzene rings is 2. The van der Waals surface area contributed by atoms with Crippen LogP contribution in [0.25, 0.3) is 0 Å². The van der Waals surface area contributed by atoms with Gasteiger partial charge in [-0.05, 0) is 43.7 Å². The average Bonchev–Trinajstić information content (AvgIpc) is 2.40. The maximum atomic E-state index is 13.9. The Morgan fingerprint density at radius 1 is 1.19 bits per heavy atom. The van der Waals surface area contributed by atoms with E-state index in [1.807, 2.05) is 0 Å². The summed E-state index contributed by atoms with van der Waals surface area (Å²) in [5.41, 5.74) is 0.700. The van der Waals surface area contributed by atoms with Crippen molar-refractivity contribution in [2.24, 2.45) is 0 Å². The Morgan fingerprint density at radius 3 is 2.48 bits per heavy atom. The van der Waals surface area contributed by atoms with Gasteiger partial charge in [-0.1, -0.05) is 6.07 Å². The lowest BCUT2D eigenvalue weighted by Gasteiger charge is -2.08. The number of hydrogen-bond acceptors (Lipinski definition) is 4. The third kappa shape index (κ3) is 3.22. The van der Waals surface area contributed by atoms with Crippen molar-refractivity contribution in [3.63, 3.8) is 0 Å². The van der Waals surface area contributed by atoms with Crippen LogP contribution in [0.1, 0.15) is 22.8 Å². The number of halogens is 1. The summed E-state index contributed by atoms with van der Waals surface area (Å²) in [6, 6.07) is 8.04. The van der Waals surface area contributed by atoms with Crippen LogP contribution >= 0.6 is 0 Å². The number of hydrogen-bond donors (Lipinski definition) is 0. The van der Waals surface area contributed by atoms with Crippen molar-refractivity contribution < 1.29 is 18.8 Å². The van der Waals surface area contributed by atoms with E-state index < -0.39 is 10.7 Å². The molecule has 6 heteroatoms. The second-order valence-electron chi connectivity index (χ2n) is 4.53. The molecule has 5 nitrogen and oxygen atoms in total. The average molecular weight is 289 g/mol. The van der Waals surface area contributed by atoms with E-state index in [0.29, 0.717) is 0 Å². The lowest BCUT2D eigenvalue weighted by atomic mass is 10.1. The molecule has 2 aromatic carbocycles. The smallest absolute Gasteiger partial charge is 0.311 e. The third-order valence-electron chi connectivity index (χ3n) is 2.87. The summed E-state index contributed by atoms with van der Waals surface area (Å²) < 4.78 is 19.2. The molecule has 0 aromatic heterocycles. The monoisotopic (exact) mass is 289 g/mol. The lowest BCUT2D eigenvalue weighted by Crippen LogP contribution is -1.97. The molecule has 0 atom stereocenters. The number of nitro benzene ring substituents is 1. The van der Waals surface area contributed by atoms with Crippen LogP contribution in [0.15, 0.2) is 36.4 Å². The van der Waals surface area contributed by atoms with Gasteiger partial charge >= 0.3 is 5.69 Å². The molecule has 0 N–H and O–H groups in total. The number of aryl methyl sites for hydroxylation is 1. The fourth-order valence-corrected chi connectivity index (χ4v) is 1.77. The highest BCUT2D eigenvalue weighted by Gasteiger charge is 2.17. The number of nitrogens with zero attached hydrogens (tertiary/aromatic N) is 1. The van der Waals surface area contributed by atoms with Gasteiger partial charge in [0.25, 0.3) is 0 Å². The molecule has 0 radical (unpaired) electrons. The molecular formula is C15H12FNO4. The van der Waals surface area contributed by atoms with Crippen LogP contribution in [-0.4, -0.2) is 10.7 Å². The van der Waals surface area contributed by atoms with E-state index in [1.165, 1.54) is 31.2 Å². The normalized spacial score (nSPS) is 10.2. The Bertz CT molecular complexity index is 728. The summed E-state index contributed by atoms with van der Waals surface area (Å²) in [4.78, 5) is 21.5. The quantitative estimate of drug-likeness (QED) is 0.484. The van der Waals surface area contributed by atoms with E-state index >= 15 is 0 Å². The van der Waals surface area contributed by atoms with Gasteiger partial charge in [-0.15, -0.1) is 0 Å². The van der Waals surface area contributed by atoms with Gasteiger partial charge in [-0.25, -0.2) is 4.39 Å². The largest absolute Gasteiger partial charge is 0.447 e. The van der Waals surface area contributed by atoms with Crippen molar-refractivity contribution in [3.05, 3.63) is 63.5 Å². The van der Waals surface area contributed by atoms with Gasteiger partial charge < -0.3 is 4.74 Å². The lowest BCUT2D eigenvalue weighted by molar-refractivity contribution is -0.385. The number of carbonyl (C=O) groups is 1. The predicted octanol–water partition coefficient (Wildman–Crippen LogP) is 4.04. The van der Waals surface area contributed by atoms with E-state index in [9.17, 15) is 19.3 Å². The Hall–Kier alpha value is -2.76. The SMILES string of the molecule is CC(=O)c1ccc(Oc2cc(C)ccc2[N+](=O)[O-])c(F)c1. The van der Waals surface area contributed by atoms with Crippen molar-refractivity contribution in [2.75, 3.05) is 0 Å². The van der Waals surface area contributed by atoms with Gasteiger partial charge in [0.15, 0.2) is 17.3 Å². The van der Waals surface area contributed by atoms with Gasteiger partial charge in [0.1, 0.15) is 0 Å². The van der Waals surface area contributed by atoms with Crippen LogP contribution < -0.4 is 4.74 Å². The summed E-state index contributed by atoms with van der Waals surface area (Å²) in [5.74, 6) is -1.25. The van der Waals surface area contributed by atoms with E-state index in [2.05, 4.69) is 0 Å². The van der Waals surface area contributed by atoms with E-state index in [0.717, 1.165) is 11.6 Å². The number of carbonyl (C=O) groups excluding carboxylic acids is 1. The Balaban J connectivity index is 2.40. The van der Waals surface area contributed by atoms with Crippen LogP contribution in [0, 0.1) is 22.9 Å². The molecule has 0 spiro atoms. The summed E-state index contributed by atoms with van der Waals surface area (Å²) in [5, 5.41) is 10.9. The molecule has 0 fully saturated rings. The zero-order valence-electron chi connectivity index (χ0n) is 11.4. The van der Waals surface area contributed by atoms with Crippen LogP contribution in [0.5, 0.6) is 11.5 Å². The van der Waals surface area contributed by atoms with Crippen molar-refractivity contribution in [1.82, 2.24) is 0 Å². The van der Waals surface area contributed by atoms with Crippen molar-refractivity contribution in [3.8, 4) is 11.5 Å². The fourth-order valence-electron chi connectivity index (χ4n) is 1.77. The summed E-state index contributed by atoms with van der Waals surface area (Å²) in [6.07, 6.45) is 0. The van der Waals surface area contributed by atoms with Crippen molar-refractivity contribution in [1.29, 1.82) is 0 Å². The first-order valence-corrected chi connectivity index (χ1v) is 6.12. The maximum absolute atomic E-state index is 13.9. The number of rotatable bonds is 4. The van der Waals surface area contributed by atoms with Gasteiger partial charge in [-0.2, -0.15) is 0 Å². The first-order valence-electron chi connectivity index (χ1n) is 6.12. The second kappa shape index (κ2) is 5.70. The fraction of sp³-hybridized carbons (Fsp3) is 0.133. The molecule has 0 amide bonds. The second-order valence-corrected chi connectivity index (χ2v) is 4.53. The highest BCUT2D eigenvalue weighted by molar-refractivity contribution is 5.94. The summed E-state index contributed by atoms with van der Waals surface area (Å²) in [6.45, 7) is 3.06. The highest BCUT2D eigenvalue weighted by Crippen LogP contribution is 2.33. The molecule has 0 aliphatic heterocycles. The number of ketones is 1.